The monoisotopic (exact) mass is 544 g/mol. The number of carbonyl (C=O) groups excluding carboxylic acids is 2. The van der Waals surface area contributed by atoms with Gasteiger partial charge in [-0.3, -0.25) is 14.6 Å². The molecule has 8 heteroatoms. The Morgan fingerprint density at radius 3 is 2.38 bits per heavy atom. The fourth-order valence-electron chi connectivity index (χ4n) is 5.01. The zero-order valence-corrected chi connectivity index (χ0v) is 23.6. The molecule has 0 spiro atoms. The first-order chi connectivity index (χ1) is 19.3. The number of benzene rings is 2. The zero-order valence-electron chi connectivity index (χ0n) is 23.6. The van der Waals surface area contributed by atoms with E-state index in [0.29, 0.717) is 25.3 Å². The zero-order chi connectivity index (χ0) is 28.4. The van der Waals surface area contributed by atoms with Crippen molar-refractivity contribution in [2.24, 2.45) is 5.92 Å². The lowest BCUT2D eigenvalue weighted by Gasteiger charge is -2.40. The molecule has 2 aromatic carbocycles. The van der Waals surface area contributed by atoms with E-state index in [1.807, 2.05) is 86.3 Å². The molecule has 2 unspecified atom stereocenters. The van der Waals surface area contributed by atoms with E-state index in [4.69, 9.17) is 9.57 Å². The van der Waals surface area contributed by atoms with Crippen LogP contribution in [0.4, 0.5) is 10.5 Å². The van der Waals surface area contributed by atoms with E-state index < -0.39 is 5.60 Å². The number of rotatable bonds is 10. The number of amides is 2. The second-order valence-electron chi connectivity index (χ2n) is 11.2. The molecule has 0 aliphatic heterocycles. The van der Waals surface area contributed by atoms with Gasteiger partial charge in [-0.05, 0) is 69.0 Å². The maximum absolute atomic E-state index is 13.4. The van der Waals surface area contributed by atoms with Gasteiger partial charge >= 0.3 is 6.09 Å². The quantitative estimate of drug-likeness (QED) is 0.289. The average Bonchev–Trinajstić information content (AvgIpc) is 2.95. The predicted molar refractivity (Wildman–Crippen MR) is 155 cm³/mol. The van der Waals surface area contributed by atoms with Gasteiger partial charge in [-0.15, -0.1) is 0 Å². The highest BCUT2D eigenvalue weighted by Crippen LogP contribution is 2.31. The first-order valence-corrected chi connectivity index (χ1v) is 14.0. The van der Waals surface area contributed by atoms with Crippen molar-refractivity contribution in [2.45, 2.75) is 71.2 Å². The first kappa shape index (κ1) is 29.1. The van der Waals surface area contributed by atoms with Crippen LogP contribution >= 0.6 is 0 Å². The Balaban J connectivity index is 1.40. The fraction of sp³-hybridized carbons (Fsp3) is 0.406. The van der Waals surface area contributed by atoms with E-state index in [1.54, 1.807) is 18.5 Å². The molecule has 1 heterocycles. The largest absolute Gasteiger partial charge is 0.444 e. The van der Waals surface area contributed by atoms with Crippen LogP contribution in [0.3, 0.4) is 0 Å². The molecule has 8 nitrogen and oxygen atoms in total. The number of nitrogens with one attached hydrogen (secondary N) is 2. The smallest absolute Gasteiger partial charge is 0.410 e. The average molecular weight is 545 g/mol. The van der Waals surface area contributed by atoms with Gasteiger partial charge in [0.1, 0.15) is 5.60 Å². The van der Waals surface area contributed by atoms with Crippen molar-refractivity contribution in [2.75, 3.05) is 11.9 Å². The van der Waals surface area contributed by atoms with Crippen LogP contribution in [-0.4, -0.2) is 40.1 Å². The summed E-state index contributed by atoms with van der Waals surface area (Å²) >= 11 is 0. The van der Waals surface area contributed by atoms with Gasteiger partial charge < -0.3 is 15.0 Å². The number of nitrogens with zero attached hydrogens (tertiary/aromatic N) is 2. The molecule has 0 radical (unpaired) electrons. The van der Waals surface area contributed by atoms with Crippen molar-refractivity contribution in [1.29, 1.82) is 0 Å². The molecule has 2 amide bonds. The molecule has 0 saturated heterocycles. The highest BCUT2D eigenvalue weighted by atomic mass is 16.7. The molecular weight excluding hydrogens is 504 g/mol. The highest BCUT2D eigenvalue weighted by Gasteiger charge is 2.35. The summed E-state index contributed by atoms with van der Waals surface area (Å²) in [6.07, 6.45) is 6.99. The number of ether oxygens (including phenoxy) is 1. The lowest BCUT2D eigenvalue weighted by Crippen LogP contribution is -2.49. The van der Waals surface area contributed by atoms with Crippen LogP contribution in [0.5, 0.6) is 0 Å². The summed E-state index contributed by atoms with van der Waals surface area (Å²) in [5.41, 5.74) is 5.36. The summed E-state index contributed by atoms with van der Waals surface area (Å²) in [7, 11) is 0. The van der Waals surface area contributed by atoms with E-state index in [-0.39, 0.29) is 24.0 Å². The van der Waals surface area contributed by atoms with Crippen LogP contribution in [0.2, 0.25) is 0 Å². The highest BCUT2D eigenvalue weighted by molar-refractivity contribution is 5.99. The van der Waals surface area contributed by atoms with E-state index in [2.05, 4.69) is 15.8 Å². The normalized spacial score (nSPS) is 17.1. The number of para-hydroxylation sites is 1. The first-order valence-electron chi connectivity index (χ1n) is 14.0. The van der Waals surface area contributed by atoms with Crippen LogP contribution in [-0.2, 0) is 22.7 Å². The van der Waals surface area contributed by atoms with E-state index in [9.17, 15) is 9.59 Å². The van der Waals surface area contributed by atoms with Crippen LogP contribution < -0.4 is 10.8 Å². The predicted octanol–water partition coefficient (Wildman–Crippen LogP) is 6.35. The maximum atomic E-state index is 13.4. The molecular formula is C32H40N4O4. The fourth-order valence-corrected chi connectivity index (χ4v) is 5.01. The van der Waals surface area contributed by atoms with Gasteiger partial charge in [-0.25, -0.2) is 10.3 Å². The summed E-state index contributed by atoms with van der Waals surface area (Å²) in [6.45, 7) is 6.97. The van der Waals surface area contributed by atoms with Gasteiger partial charge in [0, 0.05) is 43.1 Å². The molecule has 40 heavy (non-hydrogen) atoms. The molecule has 1 aliphatic carbocycles. The van der Waals surface area contributed by atoms with Crippen molar-refractivity contribution in [1.82, 2.24) is 15.4 Å². The third-order valence-electron chi connectivity index (χ3n) is 6.96. The van der Waals surface area contributed by atoms with Crippen LogP contribution in [0.1, 0.15) is 67.9 Å². The molecule has 1 aliphatic rings. The summed E-state index contributed by atoms with van der Waals surface area (Å²) in [6, 6.07) is 21.1. The number of anilines is 1. The molecule has 212 valence electrons. The lowest BCUT2D eigenvalue weighted by atomic mass is 9.84. The van der Waals surface area contributed by atoms with Gasteiger partial charge in [-0.1, -0.05) is 55.3 Å². The van der Waals surface area contributed by atoms with Gasteiger partial charge in [0.05, 0.1) is 12.2 Å². The molecule has 1 saturated carbocycles. The molecule has 0 bridgehead atoms. The van der Waals surface area contributed by atoms with Crippen LogP contribution in [0.15, 0.2) is 79.1 Å². The Morgan fingerprint density at radius 2 is 1.62 bits per heavy atom. The van der Waals surface area contributed by atoms with Crippen molar-refractivity contribution in [3.05, 3.63) is 95.8 Å². The summed E-state index contributed by atoms with van der Waals surface area (Å²) < 4.78 is 5.81. The molecule has 2 atom stereocenters. The maximum Gasteiger partial charge on any atom is 0.410 e. The molecule has 1 aromatic heterocycles. The van der Waals surface area contributed by atoms with Crippen molar-refractivity contribution < 1.29 is 19.2 Å². The number of hydrogen-bond donors (Lipinski definition) is 2. The van der Waals surface area contributed by atoms with Gasteiger partial charge in [0.25, 0.3) is 5.91 Å². The van der Waals surface area contributed by atoms with Gasteiger partial charge in [-0.2, -0.15) is 0 Å². The minimum Gasteiger partial charge on any atom is -0.444 e. The Hall–Kier alpha value is -3.91. The SMILES string of the molecule is CC(C)(C)OC(=O)N(Cc1ccccc1)C1CCCCC1CONC(=O)c1ccccc1NCc1ccncc1. The number of hydroxylamine groups is 1. The Kier molecular flexibility index (Phi) is 10.1. The van der Waals surface area contributed by atoms with Crippen molar-refractivity contribution >= 4 is 17.7 Å². The third-order valence-corrected chi connectivity index (χ3v) is 6.96. The number of aromatic nitrogens is 1. The molecule has 4 rings (SSSR count). The van der Waals surface area contributed by atoms with Crippen molar-refractivity contribution in [3.63, 3.8) is 0 Å². The molecule has 2 N–H and O–H groups in total. The standard InChI is InChI=1S/C32H40N4O4/c1-32(2,3)40-31(38)36(22-25-11-5-4-6-12-25)29-16-10-7-13-26(29)23-39-35-30(37)27-14-8-9-15-28(27)34-21-24-17-19-33-20-18-24/h4-6,8-9,11-12,14-15,17-20,26,29,34H,7,10,13,16,21-23H2,1-3H3,(H,35,37). The van der Waals surface area contributed by atoms with Crippen molar-refractivity contribution in [3.8, 4) is 0 Å². The van der Waals surface area contributed by atoms with E-state index in [0.717, 1.165) is 42.5 Å². The van der Waals surface area contributed by atoms with E-state index in [1.165, 1.54) is 0 Å². The number of carbonyl (C=O) groups is 2. The number of hydrogen-bond acceptors (Lipinski definition) is 6. The third kappa shape index (κ3) is 8.55. The summed E-state index contributed by atoms with van der Waals surface area (Å²) in [4.78, 5) is 38.1. The molecule has 3 aromatic rings. The Morgan fingerprint density at radius 1 is 0.925 bits per heavy atom. The molecule has 1 fully saturated rings. The minimum absolute atomic E-state index is 0.0602. The van der Waals surface area contributed by atoms with Gasteiger partial charge in [0.2, 0.25) is 0 Å². The second-order valence-corrected chi connectivity index (χ2v) is 11.2. The summed E-state index contributed by atoms with van der Waals surface area (Å²) in [5.74, 6) is -0.260. The minimum atomic E-state index is -0.598. The number of pyridine rings is 1. The van der Waals surface area contributed by atoms with Gasteiger partial charge in [0.15, 0.2) is 0 Å². The van der Waals surface area contributed by atoms with Crippen LogP contribution in [0, 0.1) is 5.92 Å². The Labute approximate surface area is 237 Å². The summed E-state index contributed by atoms with van der Waals surface area (Å²) in [5, 5.41) is 3.32. The van der Waals surface area contributed by atoms with E-state index >= 15 is 0 Å². The second kappa shape index (κ2) is 13.9. The lowest BCUT2D eigenvalue weighted by molar-refractivity contribution is -0.0285. The van der Waals surface area contributed by atoms with Crippen LogP contribution in [0.25, 0.3) is 0 Å². The topological polar surface area (TPSA) is 92.8 Å². The Bertz CT molecular complexity index is 1230.